The van der Waals surface area contributed by atoms with Gasteiger partial charge in [0.2, 0.25) is 11.6 Å². The average Bonchev–Trinajstić information content (AvgIpc) is 3.34. The third-order valence-electron chi connectivity index (χ3n) is 4.81. The number of fused-ring (bicyclic) bond motifs is 1. The summed E-state index contributed by atoms with van der Waals surface area (Å²) in [5, 5.41) is 10.3. The minimum absolute atomic E-state index is 0.117. The fraction of sp³-hybridized carbons (Fsp3) is 0.208. The van der Waals surface area contributed by atoms with E-state index in [0.717, 1.165) is 15.7 Å². The summed E-state index contributed by atoms with van der Waals surface area (Å²) in [6, 6.07) is 17.5. The number of rotatable bonds is 9. The van der Waals surface area contributed by atoms with Crippen LogP contribution in [-0.2, 0) is 16.1 Å². The van der Waals surface area contributed by atoms with Crippen LogP contribution in [0.5, 0.6) is 17.2 Å². The Balaban J connectivity index is 1.36. The molecule has 0 aliphatic heterocycles. The number of hydrogen-bond donors (Lipinski definition) is 0. The second kappa shape index (κ2) is 10.3. The highest BCUT2D eigenvalue weighted by molar-refractivity contribution is 8.00. The highest BCUT2D eigenvalue weighted by Crippen LogP contribution is 2.40. The number of methoxy groups -OCH3 is 3. The summed E-state index contributed by atoms with van der Waals surface area (Å²) < 4.78 is 26.9. The Labute approximate surface area is 194 Å². The molecule has 0 N–H and O–H groups in total. The van der Waals surface area contributed by atoms with Crippen LogP contribution in [0.3, 0.4) is 0 Å². The normalized spacial score (nSPS) is 10.8. The first kappa shape index (κ1) is 22.5. The fourth-order valence-electron chi connectivity index (χ4n) is 3.22. The first-order chi connectivity index (χ1) is 16.1. The molecule has 4 rings (SSSR count). The van der Waals surface area contributed by atoms with Gasteiger partial charge in [0.25, 0.3) is 5.89 Å². The van der Waals surface area contributed by atoms with Gasteiger partial charge in [0.15, 0.2) is 18.1 Å². The molecule has 0 spiro atoms. The molecule has 0 amide bonds. The average molecular weight is 467 g/mol. The molecule has 9 heteroatoms. The number of carbonyl (C=O) groups excluding carboxylic acids is 1. The molecule has 33 heavy (non-hydrogen) atoms. The topological polar surface area (TPSA) is 92.9 Å². The van der Waals surface area contributed by atoms with Gasteiger partial charge < -0.3 is 23.4 Å². The van der Waals surface area contributed by atoms with Crippen molar-refractivity contribution in [2.45, 2.75) is 11.5 Å². The number of ether oxygens (including phenoxy) is 4. The number of thioether (sulfide) groups is 1. The smallest absolute Gasteiger partial charge is 0.316 e. The molecule has 0 aliphatic rings. The van der Waals surface area contributed by atoms with E-state index in [1.807, 2.05) is 30.3 Å². The molecule has 1 heterocycles. The van der Waals surface area contributed by atoms with Crippen molar-refractivity contribution in [3.8, 4) is 28.7 Å². The second-order valence-electron chi connectivity index (χ2n) is 6.87. The van der Waals surface area contributed by atoms with E-state index in [9.17, 15) is 4.79 Å². The third kappa shape index (κ3) is 5.20. The summed E-state index contributed by atoms with van der Waals surface area (Å²) in [4.78, 5) is 13.2. The molecule has 0 saturated heterocycles. The summed E-state index contributed by atoms with van der Waals surface area (Å²) in [6.45, 7) is -0.117. The summed E-state index contributed by atoms with van der Waals surface area (Å²) >= 11 is 1.41. The number of benzene rings is 3. The third-order valence-corrected chi connectivity index (χ3v) is 5.78. The summed E-state index contributed by atoms with van der Waals surface area (Å²) in [5.41, 5.74) is 0.585. The van der Waals surface area contributed by atoms with Gasteiger partial charge in [0.05, 0.1) is 27.1 Å². The molecular formula is C24H22N2O6S. The highest BCUT2D eigenvalue weighted by atomic mass is 32.2. The zero-order valence-corrected chi connectivity index (χ0v) is 19.2. The van der Waals surface area contributed by atoms with Crippen LogP contribution in [0.25, 0.3) is 22.2 Å². The SMILES string of the molecule is COc1cc(-c2nnc(COC(=O)CSc3ccc4ccccc4c3)o2)cc(OC)c1OC. The van der Waals surface area contributed by atoms with Gasteiger partial charge in [-0.05, 0) is 35.0 Å². The van der Waals surface area contributed by atoms with E-state index in [2.05, 4.69) is 22.3 Å². The highest BCUT2D eigenvalue weighted by Gasteiger charge is 2.18. The predicted octanol–water partition coefficient (Wildman–Crippen LogP) is 4.75. The van der Waals surface area contributed by atoms with E-state index in [4.69, 9.17) is 23.4 Å². The first-order valence-corrected chi connectivity index (χ1v) is 11.0. The largest absolute Gasteiger partial charge is 0.493 e. The van der Waals surface area contributed by atoms with E-state index in [1.165, 1.54) is 33.1 Å². The molecule has 170 valence electrons. The molecule has 0 radical (unpaired) electrons. The minimum atomic E-state index is -0.374. The standard InChI is InChI=1S/C24H22N2O6S/c1-28-19-11-17(12-20(29-2)23(19)30-3)24-26-25-21(32-24)13-31-22(27)14-33-18-9-8-15-6-4-5-7-16(15)10-18/h4-12H,13-14H2,1-3H3. The van der Waals surface area contributed by atoms with Gasteiger partial charge in [-0.1, -0.05) is 30.3 Å². The number of aromatic nitrogens is 2. The molecule has 3 aromatic carbocycles. The van der Waals surface area contributed by atoms with Crippen LogP contribution in [0, 0.1) is 0 Å². The summed E-state index contributed by atoms with van der Waals surface area (Å²) in [6.07, 6.45) is 0. The summed E-state index contributed by atoms with van der Waals surface area (Å²) in [5.74, 6) is 1.61. The Morgan fingerprint density at radius 1 is 0.909 bits per heavy atom. The van der Waals surface area contributed by atoms with Gasteiger partial charge >= 0.3 is 5.97 Å². The lowest BCUT2D eigenvalue weighted by atomic mass is 10.1. The lowest BCUT2D eigenvalue weighted by Crippen LogP contribution is -2.07. The van der Waals surface area contributed by atoms with Gasteiger partial charge in [-0.25, -0.2) is 0 Å². The molecule has 1 aromatic heterocycles. The Bertz CT molecular complexity index is 1250. The van der Waals surface area contributed by atoms with Crippen LogP contribution in [0.2, 0.25) is 0 Å². The van der Waals surface area contributed by atoms with Crippen molar-refractivity contribution >= 4 is 28.5 Å². The zero-order valence-electron chi connectivity index (χ0n) is 18.4. The number of hydrogen-bond acceptors (Lipinski definition) is 9. The molecule has 0 aliphatic carbocycles. The number of esters is 1. The molecule has 0 unspecified atom stereocenters. The summed E-state index contributed by atoms with van der Waals surface area (Å²) in [7, 11) is 4.57. The molecule has 0 bridgehead atoms. The van der Waals surface area contributed by atoms with Crippen LogP contribution in [0.1, 0.15) is 5.89 Å². The Hall–Kier alpha value is -3.72. The maximum absolute atomic E-state index is 12.2. The van der Waals surface area contributed by atoms with E-state index in [0.29, 0.717) is 22.8 Å². The zero-order chi connectivity index (χ0) is 23.2. The van der Waals surface area contributed by atoms with Gasteiger partial charge in [-0.2, -0.15) is 0 Å². The van der Waals surface area contributed by atoms with Crippen molar-refractivity contribution in [2.75, 3.05) is 27.1 Å². The quantitative estimate of drug-likeness (QED) is 0.256. The predicted molar refractivity (Wildman–Crippen MR) is 124 cm³/mol. The molecular weight excluding hydrogens is 444 g/mol. The van der Waals surface area contributed by atoms with E-state index in [-0.39, 0.29) is 30.1 Å². The Morgan fingerprint density at radius 2 is 1.64 bits per heavy atom. The van der Waals surface area contributed by atoms with Gasteiger partial charge in [0.1, 0.15) is 0 Å². The lowest BCUT2D eigenvalue weighted by molar-refractivity contribution is -0.142. The van der Waals surface area contributed by atoms with Crippen molar-refractivity contribution in [3.05, 3.63) is 60.5 Å². The molecule has 0 saturated carbocycles. The van der Waals surface area contributed by atoms with E-state index in [1.54, 1.807) is 12.1 Å². The maximum Gasteiger partial charge on any atom is 0.316 e. The van der Waals surface area contributed by atoms with Gasteiger partial charge in [-0.15, -0.1) is 22.0 Å². The van der Waals surface area contributed by atoms with Crippen molar-refractivity contribution in [2.24, 2.45) is 0 Å². The van der Waals surface area contributed by atoms with Crippen LogP contribution in [0.15, 0.2) is 63.9 Å². The Morgan fingerprint density at radius 3 is 2.33 bits per heavy atom. The molecule has 0 atom stereocenters. The molecule has 4 aromatic rings. The molecule has 0 fully saturated rings. The van der Waals surface area contributed by atoms with Crippen LogP contribution < -0.4 is 14.2 Å². The van der Waals surface area contributed by atoms with Crippen molar-refractivity contribution in [1.82, 2.24) is 10.2 Å². The first-order valence-electron chi connectivity index (χ1n) is 10.0. The maximum atomic E-state index is 12.2. The van der Waals surface area contributed by atoms with E-state index >= 15 is 0 Å². The van der Waals surface area contributed by atoms with Gasteiger partial charge in [-0.3, -0.25) is 4.79 Å². The number of nitrogens with zero attached hydrogens (tertiary/aromatic N) is 2. The minimum Gasteiger partial charge on any atom is -0.493 e. The lowest BCUT2D eigenvalue weighted by Gasteiger charge is -2.12. The van der Waals surface area contributed by atoms with Crippen molar-refractivity contribution < 1.29 is 28.2 Å². The monoisotopic (exact) mass is 466 g/mol. The fourth-order valence-corrected chi connectivity index (χ4v) is 3.96. The van der Waals surface area contributed by atoms with Crippen molar-refractivity contribution in [1.29, 1.82) is 0 Å². The Kier molecular flexibility index (Phi) is 6.99. The van der Waals surface area contributed by atoms with Crippen LogP contribution >= 0.6 is 11.8 Å². The second-order valence-corrected chi connectivity index (χ2v) is 7.92. The van der Waals surface area contributed by atoms with Crippen LogP contribution in [0.4, 0.5) is 0 Å². The van der Waals surface area contributed by atoms with Crippen molar-refractivity contribution in [3.63, 3.8) is 0 Å². The van der Waals surface area contributed by atoms with Gasteiger partial charge in [0, 0.05) is 10.5 Å². The van der Waals surface area contributed by atoms with Crippen LogP contribution in [-0.4, -0.2) is 43.2 Å². The number of carbonyl (C=O) groups is 1. The van der Waals surface area contributed by atoms with E-state index < -0.39 is 0 Å². The molecule has 8 nitrogen and oxygen atoms in total.